The number of carbonyl (C=O) groups is 1. The number of ether oxygens (including phenoxy) is 1. The van der Waals surface area contributed by atoms with Crippen molar-refractivity contribution in [2.45, 2.75) is 51.7 Å². The molecule has 3 N–H and O–H groups in total. The molecule has 1 fully saturated rings. The summed E-state index contributed by atoms with van der Waals surface area (Å²) in [5, 5.41) is 21.6. The van der Waals surface area contributed by atoms with Crippen molar-refractivity contribution in [3.8, 4) is 5.75 Å². The molecule has 0 unspecified atom stereocenters. The van der Waals surface area contributed by atoms with Crippen LogP contribution in [-0.4, -0.2) is 22.8 Å². The van der Waals surface area contributed by atoms with Crippen molar-refractivity contribution in [1.82, 2.24) is 0 Å². The molecule has 6 heteroatoms. The van der Waals surface area contributed by atoms with E-state index in [1.165, 1.54) is 6.07 Å². The molecule has 2 aliphatic rings. The van der Waals surface area contributed by atoms with Gasteiger partial charge in [0.25, 0.3) is 0 Å². The number of benzene rings is 1. The zero-order valence-electron chi connectivity index (χ0n) is 14.2. The van der Waals surface area contributed by atoms with E-state index in [4.69, 9.17) is 10.5 Å². The topological polar surface area (TPSA) is 95.6 Å². The van der Waals surface area contributed by atoms with Gasteiger partial charge in [-0.15, -0.1) is 0 Å². The van der Waals surface area contributed by atoms with Crippen molar-refractivity contribution >= 4 is 11.7 Å². The Bertz CT molecular complexity index is 646. The Hall–Kier alpha value is -0.750. The van der Waals surface area contributed by atoms with Gasteiger partial charge >= 0.3 is 29.6 Å². The van der Waals surface area contributed by atoms with Gasteiger partial charge in [0.05, 0.1) is 17.8 Å². The summed E-state index contributed by atoms with van der Waals surface area (Å²) in [5.74, 6) is -0.449. The molecule has 1 heterocycles. The van der Waals surface area contributed by atoms with Crippen molar-refractivity contribution in [3.63, 3.8) is 0 Å². The Morgan fingerprint density at radius 2 is 2.04 bits per heavy atom. The fourth-order valence-electron chi connectivity index (χ4n) is 4.14. The van der Waals surface area contributed by atoms with Crippen LogP contribution >= 0.6 is 0 Å². The fourth-order valence-corrected chi connectivity index (χ4v) is 4.14. The number of anilines is 1. The zero-order chi connectivity index (χ0) is 16.3. The smallest absolute Gasteiger partial charge is 0.545 e. The van der Waals surface area contributed by atoms with E-state index in [-0.39, 0.29) is 41.0 Å². The molecule has 1 spiro atoms. The minimum absolute atomic E-state index is 0. The molecule has 0 radical (unpaired) electrons. The maximum absolute atomic E-state index is 11.1. The first-order valence-electron chi connectivity index (χ1n) is 7.70. The molecule has 1 saturated carbocycles. The molecule has 0 aromatic heterocycles. The number of hydrogen-bond donors (Lipinski definition) is 2. The van der Waals surface area contributed by atoms with Crippen molar-refractivity contribution in [3.05, 3.63) is 23.3 Å². The number of hydrogen-bond acceptors (Lipinski definition) is 5. The first-order chi connectivity index (χ1) is 10.2. The van der Waals surface area contributed by atoms with Gasteiger partial charge in [-0.3, -0.25) is 0 Å². The molecule has 23 heavy (non-hydrogen) atoms. The largest absolute Gasteiger partial charge is 1.00 e. The fraction of sp³-hybridized carbons (Fsp3) is 0.588. The van der Waals surface area contributed by atoms with Crippen molar-refractivity contribution in [1.29, 1.82) is 0 Å². The normalized spacial score (nSPS) is 31.1. The number of nitrogen functional groups attached to an aromatic ring is 1. The van der Waals surface area contributed by atoms with Crippen LogP contribution in [0, 0.1) is 11.3 Å². The number of aromatic carboxylic acids is 1. The van der Waals surface area contributed by atoms with E-state index in [0.717, 1.165) is 18.4 Å². The summed E-state index contributed by atoms with van der Waals surface area (Å²) in [7, 11) is 0. The van der Waals surface area contributed by atoms with Crippen LogP contribution in [0.5, 0.6) is 5.75 Å². The van der Waals surface area contributed by atoms with Crippen LogP contribution in [-0.2, 0) is 6.42 Å². The molecule has 0 amide bonds. The Balaban J connectivity index is 0.00000192. The SMILES string of the molecule is C[C@@H]1CC[C@H](O)C(C)(C)[C@]12Cc1cc(C(=O)[O-])cc(N)c1O2.[Na+]. The van der Waals surface area contributed by atoms with Gasteiger partial charge in [-0.1, -0.05) is 20.8 Å². The van der Waals surface area contributed by atoms with Crippen LogP contribution in [0.1, 0.15) is 49.5 Å². The number of rotatable bonds is 1. The van der Waals surface area contributed by atoms with Crippen LogP contribution in [0.3, 0.4) is 0 Å². The first-order valence-corrected chi connectivity index (χ1v) is 7.70. The van der Waals surface area contributed by atoms with E-state index in [9.17, 15) is 15.0 Å². The first kappa shape index (κ1) is 18.6. The van der Waals surface area contributed by atoms with E-state index in [0.29, 0.717) is 17.9 Å². The number of carbonyl (C=O) groups excluding carboxylic acids is 1. The third-order valence-corrected chi connectivity index (χ3v) is 5.76. The molecule has 1 aromatic carbocycles. The van der Waals surface area contributed by atoms with E-state index in [1.54, 1.807) is 6.07 Å². The predicted molar refractivity (Wildman–Crippen MR) is 80.4 cm³/mol. The Labute approximate surface area is 158 Å². The van der Waals surface area contributed by atoms with Gasteiger partial charge in [-0.2, -0.15) is 0 Å². The summed E-state index contributed by atoms with van der Waals surface area (Å²) in [6.07, 6.45) is 1.71. The number of aliphatic hydroxyl groups excluding tert-OH is 1. The van der Waals surface area contributed by atoms with Gasteiger partial charge in [-0.25, -0.2) is 0 Å². The minimum atomic E-state index is -1.24. The van der Waals surface area contributed by atoms with Gasteiger partial charge in [0.1, 0.15) is 11.4 Å². The Morgan fingerprint density at radius 1 is 1.39 bits per heavy atom. The van der Waals surface area contributed by atoms with Gasteiger partial charge in [0.15, 0.2) is 0 Å². The molecule has 5 nitrogen and oxygen atoms in total. The average molecular weight is 327 g/mol. The summed E-state index contributed by atoms with van der Waals surface area (Å²) in [6.45, 7) is 6.14. The van der Waals surface area contributed by atoms with E-state index < -0.39 is 23.1 Å². The molecule has 1 aliphatic heterocycles. The van der Waals surface area contributed by atoms with Gasteiger partial charge in [0.2, 0.25) is 0 Å². The second-order valence-corrected chi connectivity index (χ2v) is 7.23. The third kappa shape index (κ3) is 2.58. The number of nitrogens with two attached hydrogens (primary N) is 1. The van der Waals surface area contributed by atoms with Crippen molar-refractivity contribution in [2.75, 3.05) is 5.73 Å². The molecular formula is C17H22NNaO4. The predicted octanol–water partition coefficient (Wildman–Crippen LogP) is -1.87. The van der Waals surface area contributed by atoms with Crippen LogP contribution < -0.4 is 45.1 Å². The van der Waals surface area contributed by atoms with Crippen LogP contribution in [0.4, 0.5) is 5.69 Å². The standard InChI is InChI=1S/C17H23NO4.Na/c1-9-4-5-13(19)16(2,3)17(9)8-11-6-10(15(20)21)7-12(18)14(11)22-17;/h6-7,9,13,19H,4-5,8,18H2,1-3H3,(H,20,21);/q;+1/p-1/t9-,13+,17+;/m1./s1. The summed E-state index contributed by atoms with van der Waals surface area (Å²) in [6, 6.07) is 2.96. The molecule has 0 bridgehead atoms. The molecule has 3 rings (SSSR count). The molecule has 1 aromatic rings. The molecule has 1 aliphatic carbocycles. The monoisotopic (exact) mass is 327 g/mol. The third-order valence-electron chi connectivity index (χ3n) is 5.76. The summed E-state index contributed by atoms with van der Waals surface area (Å²) in [5.41, 5.74) is 6.15. The summed E-state index contributed by atoms with van der Waals surface area (Å²) >= 11 is 0. The number of carboxylic acid groups (broad SMARTS) is 1. The number of carboxylic acids is 1. The maximum atomic E-state index is 11.1. The van der Waals surface area contributed by atoms with E-state index >= 15 is 0 Å². The zero-order valence-corrected chi connectivity index (χ0v) is 16.2. The second kappa shape index (κ2) is 5.96. The minimum Gasteiger partial charge on any atom is -0.545 e. The van der Waals surface area contributed by atoms with E-state index in [2.05, 4.69) is 6.92 Å². The quantitative estimate of drug-likeness (QED) is 0.465. The molecule has 0 saturated heterocycles. The number of fused-ring (bicyclic) bond motifs is 1. The maximum Gasteiger partial charge on any atom is 1.00 e. The van der Waals surface area contributed by atoms with Crippen LogP contribution in [0.25, 0.3) is 0 Å². The second-order valence-electron chi connectivity index (χ2n) is 7.23. The van der Waals surface area contributed by atoms with Crippen LogP contribution in [0.15, 0.2) is 12.1 Å². The van der Waals surface area contributed by atoms with Gasteiger partial charge in [-0.05, 0) is 36.5 Å². The van der Waals surface area contributed by atoms with Crippen molar-refractivity contribution < 1.29 is 49.3 Å². The molecule has 3 atom stereocenters. The average Bonchev–Trinajstić information content (AvgIpc) is 2.84. The molecule has 120 valence electrons. The Morgan fingerprint density at radius 3 is 2.65 bits per heavy atom. The van der Waals surface area contributed by atoms with Gasteiger partial charge < -0.3 is 25.5 Å². The van der Waals surface area contributed by atoms with Crippen LogP contribution in [0.2, 0.25) is 0 Å². The molecular weight excluding hydrogens is 305 g/mol. The summed E-state index contributed by atoms with van der Waals surface area (Å²) in [4.78, 5) is 11.1. The van der Waals surface area contributed by atoms with Crippen molar-refractivity contribution in [2.24, 2.45) is 11.3 Å². The number of aliphatic hydroxyl groups is 1. The summed E-state index contributed by atoms with van der Waals surface area (Å²) < 4.78 is 6.30. The van der Waals surface area contributed by atoms with E-state index in [1.807, 2.05) is 13.8 Å². The Kier molecular flexibility index (Phi) is 4.81. The van der Waals surface area contributed by atoms with Gasteiger partial charge in [0, 0.05) is 17.4 Å².